The molecule has 3 aromatic rings. The number of alkyl halides is 2. The number of hydrogen-bond acceptors (Lipinski definition) is 7. The summed E-state index contributed by atoms with van der Waals surface area (Å²) in [7, 11) is 0. The number of pyridine rings is 1. The van der Waals surface area contributed by atoms with Crippen LogP contribution < -0.4 is 15.0 Å². The van der Waals surface area contributed by atoms with Crippen molar-refractivity contribution in [2.45, 2.75) is 37.5 Å². The maximum atomic E-state index is 14.1. The van der Waals surface area contributed by atoms with Gasteiger partial charge in [0, 0.05) is 30.5 Å². The Morgan fingerprint density at radius 1 is 1.23 bits per heavy atom. The summed E-state index contributed by atoms with van der Waals surface area (Å²) >= 11 is 0. The van der Waals surface area contributed by atoms with E-state index in [2.05, 4.69) is 31.5 Å². The molecule has 7 rings (SSSR count). The largest absolute Gasteiger partial charge is 0.486 e. The van der Waals surface area contributed by atoms with E-state index < -0.39 is 12.5 Å². The lowest BCUT2D eigenvalue weighted by Crippen LogP contribution is -2.57. The van der Waals surface area contributed by atoms with Gasteiger partial charge in [-0.2, -0.15) is 13.9 Å². The molecule has 0 spiro atoms. The number of rotatable bonds is 4. The molecule has 160 valence electrons. The second-order valence-corrected chi connectivity index (χ2v) is 8.43. The molecule has 3 atom stereocenters. The predicted octanol–water partition coefficient (Wildman–Crippen LogP) is 3.66. The van der Waals surface area contributed by atoms with Crippen LogP contribution in [0.4, 0.5) is 20.2 Å². The molecule has 7 nitrogen and oxygen atoms in total. The molecule has 4 aliphatic heterocycles. The van der Waals surface area contributed by atoms with Crippen LogP contribution in [0.1, 0.15) is 30.5 Å². The van der Waals surface area contributed by atoms with E-state index in [1.807, 2.05) is 13.1 Å². The topological polar surface area (TPSA) is 72.4 Å². The molecule has 1 aromatic carbocycles. The minimum atomic E-state index is -2.96. The number of nitrogens with one attached hydrogen (secondary N) is 1. The van der Waals surface area contributed by atoms with Crippen molar-refractivity contribution in [1.29, 1.82) is 0 Å². The zero-order chi connectivity index (χ0) is 21.2. The molecule has 0 radical (unpaired) electrons. The summed E-state index contributed by atoms with van der Waals surface area (Å²) in [4.78, 5) is 6.77. The summed E-state index contributed by atoms with van der Waals surface area (Å²) in [6, 6.07) is 6.64. The lowest BCUT2D eigenvalue weighted by molar-refractivity contribution is -0.133. The molecule has 2 aromatic heterocycles. The fraction of sp³-hybridized carbons (Fsp3) is 0.409. The Morgan fingerprint density at radius 3 is 2.84 bits per heavy atom. The normalized spacial score (nSPS) is 24.3. The van der Waals surface area contributed by atoms with Crippen molar-refractivity contribution in [2.75, 3.05) is 29.9 Å². The molecule has 6 heterocycles. The van der Waals surface area contributed by atoms with Crippen molar-refractivity contribution in [2.24, 2.45) is 0 Å². The summed E-state index contributed by atoms with van der Waals surface area (Å²) in [6.45, 7) is 2.99. The van der Waals surface area contributed by atoms with Gasteiger partial charge >= 0.3 is 5.92 Å². The molecule has 1 N–H and O–H groups in total. The van der Waals surface area contributed by atoms with Crippen LogP contribution in [-0.4, -0.2) is 47.1 Å². The van der Waals surface area contributed by atoms with Crippen LogP contribution in [0.5, 0.6) is 5.75 Å². The first-order valence-corrected chi connectivity index (χ1v) is 10.4. The molecule has 3 fully saturated rings. The highest BCUT2D eigenvalue weighted by Crippen LogP contribution is 2.45. The summed E-state index contributed by atoms with van der Waals surface area (Å²) in [5.41, 5.74) is 2.90. The number of fused-ring (bicyclic) bond motifs is 4. The Balaban J connectivity index is 1.32. The van der Waals surface area contributed by atoms with E-state index in [0.29, 0.717) is 23.4 Å². The number of aromatic nitrogens is 3. The molecule has 3 saturated heterocycles. The molecular weight excluding hydrogens is 404 g/mol. The van der Waals surface area contributed by atoms with Gasteiger partial charge in [0.15, 0.2) is 12.3 Å². The van der Waals surface area contributed by atoms with Crippen LogP contribution in [-0.2, 0) is 10.7 Å². The average molecular weight is 425 g/mol. The molecule has 2 unspecified atom stereocenters. The molecule has 0 amide bonds. The van der Waals surface area contributed by atoms with Gasteiger partial charge in [-0.3, -0.25) is 0 Å². The van der Waals surface area contributed by atoms with Crippen LogP contribution in [0.2, 0.25) is 0 Å². The third-order valence-electron chi connectivity index (χ3n) is 6.28. The zero-order valence-corrected chi connectivity index (χ0v) is 16.9. The number of nitrogens with zero attached hydrogens (tertiary/aromatic N) is 4. The Kier molecular flexibility index (Phi) is 4.05. The number of anilines is 2. The minimum absolute atomic E-state index is 0.0637. The number of morpholine rings is 1. The number of piperidine rings is 1. The molecule has 4 aliphatic rings. The average Bonchev–Trinajstić information content (AvgIpc) is 3.08. The highest BCUT2D eigenvalue weighted by Gasteiger charge is 2.43. The van der Waals surface area contributed by atoms with Gasteiger partial charge < -0.3 is 19.7 Å². The van der Waals surface area contributed by atoms with Crippen LogP contribution >= 0.6 is 0 Å². The second kappa shape index (κ2) is 6.71. The Hall–Kier alpha value is -3.07. The standard InChI is InChI=1S/C22H21F2N5O2/c1-12(16-3-2-4-18-20(16)30-11-22(18,23)24)27-19-8-26-28-21-17(19)5-13(7-25-21)29-9-14-6-15(10-29)31-14/h2-5,7-8,12,14-15H,6,9-11H2,1H3,(H,25,27,28)/t12-,14?,15?/m1/s1. The van der Waals surface area contributed by atoms with Gasteiger partial charge in [0.1, 0.15) is 5.75 Å². The SMILES string of the molecule is C[C@@H](Nc1cnnc2ncc(N3CC4CC(C3)O4)cc12)c1cccc2c1OCC2(F)F. The molecule has 31 heavy (non-hydrogen) atoms. The van der Waals surface area contributed by atoms with Crippen molar-refractivity contribution < 1.29 is 18.3 Å². The smallest absolute Gasteiger partial charge is 0.310 e. The lowest BCUT2D eigenvalue weighted by atomic mass is 9.98. The fourth-order valence-corrected chi connectivity index (χ4v) is 4.69. The third-order valence-corrected chi connectivity index (χ3v) is 6.28. The summed E-state index contributed by atoms with van der Waals surface area (Å²) in [6.07, 6.45) is 5.16. The van der Waals surface area contributed by atoms with Gasteiger partial charge in [0.2, 0.25) is 0 Å². The van der Waals surface area contributed by atoms with Gasteiger partial charge in [0.25, 0.3) is 0 Å². The number of para-hydroxylation sites is 1. The van der Waals surface area contributed by atoms with Crippen LogP contribution in [0.25, 0.3) is 11.0 Å². The third kappa shape index (κ3) is 3.06. The number of halogens is 2. The van der Waals surface area contributed by atoms with E-state index in [4.69, 9.17) is 9.47 Å². The maximum absolute atomic E-state index is 14.1. The van der Waals surface area contributed by atoms with E-state index >= 15 is 0 Å². The predicted molar refractivity (Wildman–Crippen MR) is 111 cm³/mol. The summed E-state index contributed by atoms with van der Waals surface area (Å²) in [5, 5.41) is 12.4. The lowest BCUT2D eigenvalue weighted by Gasteiger charge is -2.47. The second-order valence-electron chi connectivity index (χ2n) is 8.43. The van der Waals surface area contributed by atoms with Gasteiger partial charge in [-0.15, -0.1) is 5.10 Å². The van der Waals surface area contributed by atoms with Crippen LogP contribution in [0.15, 0.2) is 36.7 Å². The van der Waals surface area contributed by atoms with E-state index in [0.717, 1.165) is 36.3 Å². The maximum Gasteiger partial charge on any atom is 0.310 e. The van der Waals surface area contributed by atoms with Crippen LogP contribution in [0, 0.1) is 0 Å². The van der Waals surface area contributed by atoms with Gasteiger partial charge in [0.05, 0.1) is 47.6 Å². The van der Waals surface area contributed by atoms with Gasteiger partial charge in [-0.25, -0.2) is 4.98 Å². The zero-order valence-electron chi connectivity index (χ0n) is 16.9. The van der Waals surface area contributed by atoms with Crippen molar-refractivity contribution in [3.05, 3.63) is 47.8 Å². The molecule has 0 aliphatic carbocycles. The van der Waals surface area contributed by atoms with E-state index in [-0.39, 0.29) is 17.4 Å². The number of ether oxygens (including phenoxy) is 2. The van der Waals surface area contributed by atoms with Crippen molar-refractivity contribution >= 4 is 22.4 Å². The van der Waals surface area contributed by atoms with Gasteiger partial charge in [-0.1, -0.05) is 12.1 Å². The Labute approximate surface area is 177 Å². The number of benzene rings is 1. The first-order chi connectivity index (χ1) is 15.0. The molecule has 9 heteroatoms. The highest BCUT2D eigenvalue weighted by molar-refractivity contribution is 5.90. The fourth-order valence-electron chi connectivity index (χ4n) is 4.69. The van der Waals surface area contributed by atoms with Gasteiger partial charge in [-0.05, 0) is 19.1 Å². The van der Waals surface area contributed by atoms with E-state index in [1.165, 1.54) is 6.07 Å². The first-order valence-electron chi connectivity index (χ1n) is 10.4. The Bertz CT molecular complexity index is 1160. The monoisotopic (exact) mass is 425 g/mol. The van der Waals surface area contributed by atoms with Crippen LogP contribution in [0.3, 0.4) is 0 Å². The highest BCUT2D eigenvalue weighted by atomic mass is 19.3. The van der Waals surface area contributed by atoms with E-state index in [9.17, 15) is 8.78 Å². The van der Waals surface area contributed by atoms with E-state index in [1.54, 1.807) is 18.3 Å². The summed E-state index contributed by atoms with van der Waals surface area (Å²) in [5.74, 6) is -2.71. The first kappa shape index (κ1) is 18.7. The van der Waals surface area contributed by atoms with Crippen molar-refractivity contribution in [3.63, 3.8) is 0 Å². The molecule has 2 bridgehead atoms. The van der Waals surface area contributed by atoms with Crippen molar-refractivity contribution in [1.82, 2.24) is 15.2 Å². The Morgan fingerprint density at radius 2 is 2.03 bits per heavy atom. The quantitative estimate of drug-likeness (QED) is 0.684. The number of hydrogen-bond donors (Lipinski definition) is 1. The minimum Gasteiger partial charge on any atom is -0.486 e. The molecular formula is C22H21F2N5O2. The van der Waals surface area contributed by atoms with Crippen molar-refractivity contribution in [3.8, 4) is 5.75 Å². The molecule has 0 saturated carbocycles. The summed E-state index contributed by atoms with van der Waals surface area (Å²) < 4.78 is 39.2.